The van der Waals surface area contributed by atoms with Crippen LogP contribution in [-0.4, -0.2) is 11.4 Å². The normalized spacial score (nSPS) is 29.5. The van der Waals surface area contributed by atoms with Crippen LogP contribution in [0, 0.1) is 0 Å². The molecule has 0 saturated heterocycles. The largest absolute Gasteiger partial charge is 0.460 e. The molecular formula is C16H16N2O2. The molecule has 4 heteroatoms. The van der Waals surface area contributed by atoms with E-state index in [9.17, 15) is 0 Å². The zero-order valence-electron chi connectivity index (χ0n) is 11.4. The molecule has 2 N–H and O–H groups in total. The summed E-state index contributed by atoms with van der Waals surface area (Å²) in [5, 5.41) is 6.84. The van der Waals surface area contributed by atoms with E-state index in [-0.39, 0.29) is 0 Å². The van der Waals surface area contributed by atoms with Crippen molar-refractivity contribution < 1.29 is 9.47 Å². The summed E-state index contributed by atoms with van der Waals surface area (Å²) < 4.78 is 12.2. The smallest absolute Gasteiger partial charge is 0.236 e. The number of fused-ring (bicyclic) bond motifs is 2. The molecule has 4 rings (SSSR count). The van der Waals surface area contributed by atoms with Crippen LogP contribution in [0.15, 0.2) is 48.5 Å². The summed E-state index contributed by atoms with van der Waals surface area (Å²) in [5.41, 5.74) is 0.598. The molecule has 2 atom stereocenters. The van der Waals surface area contributed by atoms with Gasteiger partial charge >= 0.3 is 0 Å². The molecule has 0 spiro atoms. The zero-order chi connectivity index (χ0) is 13.8. The lowest BCUT2D eigenvalue weighted by molar-refractivity contribution is -0.0413. The van der Waals surface area contributed by atoms with Crippen LogP contribution >= 0.6 is 0 Å². The van der Waals surface area contributed by atoms with E-state index in [4.69, 9.17) is 9.47 Å². The molecule has 0 radical (unpaired) electrons. The first kappa shape index (κ1) is 11.5. The summed E-state index contributed by atoms with van der Waals surface area (Å²) in [6, 6.07) is 15.8. The fourth-order valence-corrected chi connectivity index (χ4v) is 2.76. The molecule has 2 heterocycles. The van der Waals surface area contributed by atoms with Crippen molar-refractivity contribution in [3.63, 3.8) is 0 Å². The minimum atomic E-state index is -0.685. The number of hydrogen-bond donors (Lipinski definition) is 2. The number of nitrogens with one attached hydrogen (secondary N) is 2. The number of anilines is 2. The fraction of sp³-hybridized carbons (Fsp3) is 0.250. The quantitative estimate of drug-likeness (QED) is 0.831. The van der Waals surface area contributed by atoms with Crippen molar-refractivity contribution in [1.82, 2.24) is 0 Å². The Bertz CT molecular complexity index is 574. The summed E-state index contributed by atoms with van der Waals surface area (Å²) in [5.74, 6) is 1.69. The highest BCUT2D eigenvalue weighted by molar-refractivity contribution is 5.66. The Balaban J connectivity index is 1.70. The number of benzene rings is 2. The monoisotopic (exact) mass is 268 g/mol. The van der Waals surface area contributed by atoms with Gasteiger partial charge in [-0.05, 0) is 24.3 Å². The first-order valence-corrected chi connectivity index (χ1v) is 6.72. The van der Waals surface area contributed by atoms with Gasteiger partial charge in [0.15, 0.2) is 0 Å². The summed E-state index contributed by atoms with van der Waals surface area (Å²) in [7, 11) is 0. The van der Waals surface area contributed by atoms with Crippen molar-refractivity contribution in [2.45, 2.75) is 25.3 Å². The van der Waals surface area contributed by atoms with Crippen molar-refractivity contribution in [1.29, 1.82) is 0 Å². The number of para-hydroxylation sites is 4. The van der Waals surface area contributed by atoms with Crippen LogP contribution in [0.1, 0.15) is 13.8 Å². The second-order valence-electron chi connectivity index (χ2n) is 5.51. The maximum Gasteiger partial charge on any atom is 0.236 e. The minimum absolute atomic E-state index is 0.685. The number of rotatable bonds is 1. The van der Waals surface area contributed by atoms with E-state index in [1.165, 1.54) is 0 Å². The van der Waals surface area contributed by atoms with Crippen LogP contribution in [0.5, 0.6) is 11.5 Å². The Kier molecular flexibility index (Phi) is 2.06. The zero-order valence-corrected chi connectivity index (χ0v) is 11.4. The Hall–Kier alpha value is -2.36. The van der Waals surface area contributed by atoms with E-state index in [2.05, 4.69) is 10.6 Å². The van der Waals surface area contributed by atoms with Gasteiger partial charge in [-0.1, -0.05) is 24.3 Å². The second kappa shape index (κ2) is 3.60. The van der Waals surface area contributed by atoms with Crippen LogP contribution in [0.4, 0.5) is 11.4 Å². The van der Waals surface area contributed by atoms with E-state index in [1.807, 2.05) is 62.4 Å². The lowest BCUT2D eigenvalue weighted by Gasteiger charge is -2.39. The van der Waals surface area contributed by atoms with E-state index < -0.39 is 11.4 Å². The maximum absolute atomic E-state index is 6.11. The van der Waals surface area contributed by atoms with Gasteiger partial charge in [-0.15, -0.1) is 0 Å². The topological polar surface area (TPSA) is 42.5 Å². The average molecular weight is 268 g/mol. The third-order valence-electron chi connectivity index (χ3n) is 4.06. The summed E-state index contributed by atoms with van der Waals surface area (Å²) >= 11 is 0. The van der Waals surface area contributed by atoms with Crippen LogP contribution in [0.2, 0.25) is 0 Å². The van der Waals surface area contributed by atoms with Gasteiger partial charge in [-0.3, -0.25) is 0 Å². The van der Waals surface area contributed by atoms with Gasteiger partial charge in [0.25, 0.3) is 0 Å². The minimum Gasteiger partial charge on any atom is -0.460 e. The van der Waals surface area contributed by atoms with Crippen LogP contribution in [-0.2, 0) is 0 Å². The van der Waals surface area contributed by atoms with Gasteiger partial charge in [0, 0.05) is 13.8 Å². The molecule has 4 nitrogen and oxygen atoms in total. The third kappa shape index (κ3) is 1.42. The van der Waals surface area contributed by atoms with Gasteiger partial charge < -0.3 is 20.1 Å². The van der Waals surface area contributed by atoms with E-state index >= 15 is 0 Å². The molecule has 2 aromatic rings. The molecule has 0 amide bonds. The Labute approximate surface area is 117 Å². The predicted molar refractivity (Wildman–Crippen MR) is 78.2 cm³/mol. The molecule has 0 aliphatic carbocycles. The van der Waals surface area contributed by atoms with Crippen molar-refractivity contribution >= 4 is 11.4 Å². The lowest BCUT2D eigenvalue weighted by Crippen LogP contribution is -2.63. The SMILES string of the molecule is CC1(C2(C)Nc3ccccc3O2)Nc2ccccc2O1. The maximum atomic E-state index is 6.11. The molecular weight excluding hydrogens is 252 g/mol. The molecule has 102 valence electrons. The Morgan fingerprint density at radius 1 is 0.700 bits per heavy atom. The van der Waals surface area contributed by atoms with Crippen molar-refractivity contribution in [2.75, 3.05) is 10.6 Å². The molecule has 2 aromatic carbocycles. The molecule has 0 aromatic heterocycles. The molecule has 0 saturated carbocycles. The first-order valence-electron chi connectivity index (χ1n) is 6.72. The van der Waals surface area contributed by atoms with Crippen molar-refractivity contribution in [3.8, 4) is 11.5 Å². The van der Waals surface area contributed by atoms with Gasteiger partial charge in [-0.25, -0.2) is 0 Å². The Morgan fingerprint density at radius 2 is 1.10 bits per heavy atom. The molecule has 2 unspecified atom stereocenters. The highest BCUT2D eigenvalue weighted by Gasteiger charge is 2.55. The molecule has 2 aliphatic heterocycles. The first-order chi connectivity index (χ1) is 9.60. The van der Waals surface area contributed by atoms with Gasteiger partial charge in [0.05, 0.1) is 11.4 Å². The van der Waals surface area contributed by atoms with E-state index in [0.717, 1.165) is 22.9 Å². The van der Waals surface area contributed by atoms with Gasteiger partial charge in [0.2, 0.25) is 11.4 Å². The average Bonchev–Trinajstić information content (AvgIpc) is 2.96. The Morgan fingerprint density at radius 3 is 1.50 bits per heavy atom. The third-order valence-corrected chi connectivity index (χ3v) is 4.06. The molecule has 0 bridgehead atoms. The number of ether oxygens (including phenoxy) is 2. The summed E-state index contributed by atoms with van der Waals surface area (Å²) in [6.07, 6.45) is 0. The summed E-state index contributed by atoms with van der Waals surface area (Å²) in [4.78, 5) is 0. The van der Waals surface area contributed by atoms with Crippen LogP contribution < -0.4 is 20.1 Å². The van der Waals surface area contributed by atoms with Gasteiger partial charge in [-0.2, -0.15) is 0 Å². The second-order valence-corrected chi connectivity index (χ2v) is 5.51. The predicted octanol–water partition coefficient (Wildman–Crippen LogP) is 3.43. The van der Waals surface area contributed by atoms with Crippen LogP contribution in [0.3, 0.4) is 0 Å². The summed E-state index contributed by atoms with van der Waals surface area (Å²) in [6.45, 7) is 3.98. The molecule has 0 fully saturated rings. The molecule has 20 heavy (non-hydrogen) atoms. The van der Waals surface area contributed by atoms with E-state index in [1.54, 1.807) is 0 Å². The highest BCUT2D eigenvalue weighted by atomic mass is 16.6. The van der Waals surface area contributed by atoms with Gasteiger partial charge in [0.1, 0.15) is 11.5 Å². The fourth-order valence-electron chi connectivity index (χ4n) is 2.76. The standard InChI is InChI=1S/C16H16N2O2/c1-15(17-11-7-3-5-9-13(11)19-15)16(2)18-12-8-4-6-10-14(12)20-16/h3-10,17-18H,1-2H3. The lowest BCUT2D eigenvalue weighted by atomic mass is 10.0. The number of hydrogen-bond acceptors (Lipinski definition) is 4. The van der Waals surface area contributed by atoms with E-state index in [0.29, 0.717) is 0 Å². The highest BCUT2D eigenvalue weighted by Crippen LogP contribution is 2.47. The molecule has 2 aliphatic rings. The van der Waals surface area contributed by atoms with Crippen molar-refractivity contribution in [3.05, 3.63) is 48.5 Å². The van der Waals surface area contributed by atoms with Crippen LogP contribution in [0.25, 0.3) is 0 Å². The van der Waals surface area contributed by atoms with Crippen molar-refractivity contribution in [2.24, 2.45) is 0 Å².